The summed E-state index contributed by atoms with van der Waals surface area (Å²) in [5, 5.41) is 4.13. The Balaban J connectivity index is 1.59. The number of nitrogen functional groups attached to an aromatic ring is 1. The molecule has 136 valence electrons. The van der Waals surface area contributed by atoms with Crippen LogP contribution in [0, 0.1) is 0 Å². The summed E-state index contributed by atoms with van der Waals surface area (Å²) in [5.41, 5.74) is 9.57. The molecule has 0 unspecified atom stereocenters. The summed E-state index contributed by atoms with van der Waals surface area (Å²) in [7, 11) is 1.29. The Morgan fingerprint density at radius 1 is 1.11 bits per heavy atom. The molecule has 2 N–H and O–H groups in total. The summed E-state index contributed by atoms with van der Waals surface area (Å²) in [6.07, 6.45) is 2.22. The highest BCUT2D eigenvalue weighted by atomic mass is 16.5. The van der Waals surface area contributed by atoms with Crippen LogP contribution in [0.25, 0.3) is 5.69 Å². The van der Waals surface area contributed by atoms with Gasteiger partial charge in [0.25, 0.3) is 5.91 Å². The normalized spacial score (nSPS) is 12.7. The maximum atomic E-state index is 12.9. The lowest BCUT2D eigenvalue weighted by Gasteiger charge is -2.17. The summed E-state index contributed by atoms with van der Waals surface area (Å²) in [4.78, 5) is 26.3. The molecular formula is C20H18N4O3. The first-order valence-corrected chi connectivity index (χ1v) is 8.52. The van der Waals surface area contributed by atoms with Crippen LogP contribution < -0.4 is 10.6 Å². The molecule has 0 saturated heterocycles. The lowest BCUT2D eigenvalue weighted by atomic mass is 10.1. The Hall–Kier alpha value is -3.61. The fourth-order valence-corrected chi connectivity index (χ4v) is 3.28. The molecule has 3 aromatic rings. The summed E-state index contributed by atoms with van der Waals surface area (Å²) in [6, 6.07) is 14.9. The lowest BCUT2D eigenvalue weighted by Crippen LogP contribution is -2.28. The molecule has 0 fully saturated rings. The van der Waals surface area contributed by atoms with Gasteiger partial charge in [0.05, 0.1) is 19.0 Å². The van der Waals surface area contributed by atoms with Gasteiger partial charge in [-0.15, -0.1) is 0 Å². The number of carbonyl (C=O) groups excluding carboxylic acids is 2. The van der Waals surface area contributed by atoms with Crippen LogP contribution in [0.3, 0.4) is 0 Å². The zero-order valence-electron chi connectivity index (χ0n) is 14.8. The Kier molecular flexibility index (Phi) is 4.12. The largest absolute Gasteiger partial charge is 0.465 e. The number of hydrogen-bond donors (Lipinski definition) is 1. The van der Waals surface area contributed by atoms with E-state index in [0.717, 1.165) is 12.1 Å². The molecule has 1 aliphatic heterocycles. The van der Waals surface area contributed by atoms with Gasteiger partial charge in [-0.3, -0.25) is 4.79 Å². The van der Waals surface area contributed by atoms with Gasteiger partial charge in [-0.25, -0.2) is 9.48 Å². The first kappa shape index (κ1) is 16.8. The van der Waals surface area contributed by atoms with E-state index in [1.807, 2.05) is 24.3 Å². The number of carbonyl (C=O) groups is 2. The van der Waals surface area contributed by atoms with Crippen molar-refractivity contribution < 1.29 is 14.3 Å². The van der Waals surface area contributed by atoms with Crippen molar-refractivity contribution in [2.45, 2.75) is 6.42 Å². The molecule has 2 heterocycles. The number of fused-ring (bicyclic) bond motifs is 1. The van der Waals surface area contributed by atoms with Crippen LogP contribution >= 0.6 is 0 Å². The summed E-state index contributed by atoms with van der Waals surface area (Å²) in [6.45, 7) is 0.675. The Morgan fingerprint density at radius 3 is 2.59 bits per heavy atom. The number of hydrogen-bond acceptors (Lipinski definition) is 5. The first-order chi connectivity index (χ1) is 13.1. The van der Waals surface area contributed by atoms with E-state index < -0.39 is 5.97 Å². The lowest BCUT2D eigenvalue weighted by molar-refractivity contribution is 0.0602. The quantitative estimate of drug-likeness (QED) is 0.723. The minimum atomic E-state index is -0.543. The number of amides is 1. The highest BCUT2D eigenvalue weighted by Crippen LogP contribution is 2.29. The number of para-hydroxylation sites is 1. The number of nitrogens with two attached hydrogens (primary N) is 1. The zero-order valence-corrected chi connectivity index (χ0v) is 14.8. The van der Waals surface area contributed by atoms with Crippen LogP contribution in [0.4, 0.5) is 11.5 Å². The molecule has 27 heavy (non-hydrogen) atoms. The molecule has 4 rings (SSSR count). The molecular weight excluding hydrogens is 344 g/mol. The Bertz CT molecular complexity index is 1020. The van der Waals surface area contributed by atoms with E-state index in [9.17, 15) is 9.59 Å². The zero-order chi connectivity index (χ0) is 19.0. The average Bonchev–Trinajstić information content (AvgIpc) is 3.31. The summed E-state index contributed by atoms with van der Waals surface area (Å²) >= 11 is 0. The number of aromatic nitrogens is 2. The smallest absolute Gasteiger partial charge is 0.343 e. The monoisotopic (exact) mass is 362 g/mol. The number of benzene rings is 2. The third kappa shape index (κ3) is 2.83. The van der Waals surface area contributed by atoms with Crippen LogP contribution in [0.1, 0.15) is 26.3 Å². The van der Waals surface area contributed by atoms with Gasteiger partial charge in [-0.2, -0.15) is 5.10 Å². The predicted molar refractivity (Wildman–Crippen MR) is 101 cm³/mol. The fourth-order valence-electron chi connectivity index (χ4n) is 3.28. The molecule has 1 amide bonds. The van der Waals surface area contributed by atoms with Gasteiger partial charge in [-0.05, 0) is 42.3 Å². The van der Waals surface area contributed by atoms with Crippen molar-refractivity contribution >= 4 is 23.4 Å². The average molecular weight is 362 g/mol. The van der Waals surface area contributed by atoms with E-state index in [1.165, 1.54) is 23.6 Å². The van der Waals surface area contributed by atoms with Crippen molar-refractivity contribution in [3.8, 4) is 5.69 Å². The van der Waals surface area contributed by atoms with Crippen LogP contribution in [0.15, 0.2) is 54.7 Å². The van der Waals surface area contributed by atoms with Crippen molar-refractivity contribution in [1.29, 1.82) is 0 Å². The highest BCUT2D eigenvalue weighted by Gasteiger charge is 2.25. The van der Waals surface area contributed by atoms with Crippen molar-refractivity contribution in [3.05, 3.63) is 71.4 Å². The summed E-state index contributed by atoms with van der Waals surface area (Å²) in [5.74, 6) is -0.400. The molecule has 2 aromatic carbocycles. The van der Waals surface area contributed by atoms with E-state index in [1.54, 1.807) is 29.2 Å². The Morgan fingerprint density at radius 2 is 1.85 bits per heavy atom. The molecule has 0 aliphatic carbocycles. The van der Waals surface area contributed by atoms with Gasteiger partial charge in [-0.1, -0.05) is 18.2 Å². The van der Waals surface area contributed by atoms with E-state index in [-0.39, 0.29) is 17.3 Å². The third-order valence-electron chi connectivity index (χ3n) is 4.70. The van der Waals surface area contributed by atoms with Gasteiger partial charge < -0.3 is 15.4 Å². The second-order valence-electron chi connectivity index (χ2n) is 6.23. The second-order valence-corrected chi connectivity index (χ2v) is 6.23. The molecule has 7 nitrogen and oxygen atoms in total. The minimum absolute atomic E-state index is 0.0461. The van der Waals surface area contributed by atoms with Gasteiger partial charge in [0.2, 0.25) is 0 Å². The van der Waals surface area contributed by atoms with Gasteiger partial charge in [0.15, 0.2) is 0 Å². The van der Waals surface area contributed by atoms with Crippen LogP contribution in [-0.2, 0) is 11.2 Å². The third-order valence-corrected chi connectivity index (χ3v) is 4.70. The first-order valence-electron chi connectivity index (χ1n) is 8.52. The number of esters is 1. The molecule has 7 heteroatoms. The van der Waals surface area contributed by atoms with Crippen LogP contribution in [0.5, 0.6) is 0 Å². The molecule has 0 atom stereocenters. The SMILES string of the molecule is COC(=O)c1cnn(-c2ccc(C(=O)N3CCc4ccccc43)cc2)c1N. The van der Waals surface area contributed by atoms with E-state index in [4.69, 9.17) is 5.73 Å². The predicted octanol–water partition coefficient (Wildman–Crippen LogP) is 2.44. The van der Waals surface area contributed by atoms with Crippen molar-refractivity contribution in [3.63, 3.8) is 0 Å². The van der Waals surface area contributed by atoms with Gasteiger partial charge in [0, 0.05) is 17.8 Å². The Labute approximate surface area is 156 Å². The molecule has 0 bridgehead atoms. The fraction of sp³-hybridized carbons (Fsp3) is 0.150. The van der Waals surface area contributed by atoms with Crippen molar-refractivity contribution in [2.75, 3.05) is 24.3 Å². The van der Waals surface area contributed by atoms with Crippen LogP contribution in [0.2, 0.25) is 0 Å². The van der Waals surface area contributed by atoms with E-state index >= 15 is 0 Å². The molecule has 1 aliphatic rings. The number of ether oxygens (including phenoxy) is 1. The number of anilines is 2. The van der Waals surface area contributed by atoms with Crippen molar-refractivity contribution in [1.82, 2.24) is 9.78 Å². The minimum Gasteiger partial charge on any atom is -0.465 e. The highest BCUT2D eigenvalue weighted by molar-refractivity contribution is 6.07. The maximum absolute atomic E-state index is 12.9. The van der Waals surface area contributed by atoms with Gasteiger partial charge >= 0.3 is 5.97 Å². The molecule has 0 spiro atoms. The van der Waals surface area contributed by atoms with Crippen molar-refractivity contribution in [2.24, 2.45) is 0 Å². The molecule has 0 radical (unpaired) electrons. The number of methoxy groups -OCH3 is 1. The number of nitrogens with zero attached hydrogens (tertiary/aromatic N) is 3. The number of rotatable bonds is 3. The topological polar surface area (TPSA) is 90.4 Å². The molecule has 1 aromatic heterocycles. The molecule has 0 saturated carbocycles. The standard InChI is InChI=1S/C20H18N4O3/c1-27-20(26)16-12-22-24(18(16)21)15-8-6-14(7-9-15)19(25)23-11-10-13-4-2-3-5-17(13)23/h2-9,12H,10-11,21H2,1H3. The second kappa shape index (κ2) is 6.60. The van der Waals surface area contributed by atoms with Crippen LogP contribution in [-0.4, -0.2) is 35.3 Å². The van der Waals surface area contributed by atoms with E-state index in [0.29, 0.717) is 17.8 Å². The van der Waals surface area contributed by atoms with Gasteiger partial charge in [0.1, 0.15) is 11.4 Å². The maximum Gasteiger partial charge on any atom is 0.343 e. The van der Waals surface area contributed by atoms with E-state index in [2.05, 4.69) is 9.84 Å². The summed E-state index contributed by atoms with van der Waals surface area (Å²) < 4.78 is 6.12.